The molecule has 0 fully saturated rings. The quantitative estimate of drug-likeness (QED) is 0.189. The Morgan fingerprint density at radius 2 is 0.938 bits per heavy atom. The number of sulfone groups is 2. The molecule has 2 aromatic heterocycles. The minimum Gasteiger partial charge on any atom is -0.369 e. The van der Waals surface area contributed by atoms with Crippen LogP contribution in [0.1, 0.15) is 17.0 Å². The summed E-state index contributed by atoms with van der Waals surface area (Å²) in [5.41, 5.74) is 10.4. The summed E-state index contributed by atoms with van der Waals surface area (Å²) in [6.07, 6.45) is 5.61. The Hall–Kier alpha value is -4.75. The van der Waals surface area contributed by atoms with Crippen molar-refractivity contribution in [3.8, 4) is 33.9 Å². The second-order valence-electron chi connectivity index (χ2n) is 11.1. The molecule has 10 nitrogen and oxygen atoms in total. The van der Waals surface area contributed by atoms with Crippen LogP contribution in [0.4, 0.5) is 0 Å². The molecule has 0 aliphatic rings. The number of aromatic nitrogens is 4. The number of rotatable bonds is 9. The molecule has 4 aromatic carbocycles. The highest BCUT2D eigenvalue weighted by atomic mass is 35.5. The Morgan fingerprint density at radius 3 is 1.23 bits per heavy atom. The summed E-state index contributed by atoms with van der Waals surface area (Å²) in [5, 5.41) is 10.7. The average molecular weight is 721 g/mol. The van der Waals surface area contributed by atoms with Gasteiger partial charge in [-0.2, -0.15) is 10.2 Å². The van der Waals surface area contributed by atoms with Crippen molar-refractivity contribution in [2.45, 2.75) is 15.7 Å². The molecule has 14 heteroatoms. The van der Waals surface area contributed by atoms with Gasteiger partial charge in [0.2, 0.25) is 5.91 Å². The fraction of sp³-hybridized carbons (Fsp3) is 0.0882. The fourth-order valence-electron chi connectivity index (χ4n) is 5.29. The molecule has 2 N–H and O–H groups in total. The van der Waals surface area contributed by atoms with Crippen LogP contribution in [0.5, 0.6) is 0 Å². The summed E-state index contributed by atoms with van der Waals surface area (Å²) in [4.78, 5) is 13.8. The summed E-state index contributed by atoms with van der Waals surface area (Å²) in [6.45, 7) is 0. The van der Waals surface area contributed by atoms with Crippen molar-refractivity contribution in [1.82, 2.24) is 19.6 Å². The standard InChI is InChI=1S/C34H27Cl2N5O5S2/c1-47(43,44)27-15-11-25(12-16-27)40-19-29(32(38-40)21-3-7-23(35)8-4-21)31(34(37)42)30-20-41(26-13-17-28(18-14-26)48(2,45)46)39-33(30)22-5-9-24(36)10-6-22/h3-20,31H,1-2H3,(H2,37,42). The number of nitrogens with zero attached hydrogens (tertiary/aromatic N) is 4. The normalized spacial score (nSPS) is 12.0. The van der Waals surface area contributed by atoms with Gasteiger partial charge in [0.25, 0.3) is 0 Å². The van der Waals surface area contributed by atoms with Crippen molar-refractivity contribution < 1.29 is 21.6 Å². The Kier molecular flexibility index (Phi) is 8.77. The minimum atomic E-state index is -3.43. The second-order valence-corrected chi connectivity index (χ2v) is 16.0. The van der Waals surface area contributed by atoms with E-state index < -0.39 is 31.5 Å². The number of nitrogens with two attached hydrogens (primary N) is 1. The Morgan fingerprint density at radius 1 is 0.604 bits per heavy atom. The maximum Gasteiger partial charge on any atom is 0.229 e. The number of carbonyl (C=O) groups is 1. The molecule has 0 spiro atoms. The van der Waals surface area contributed by atoms with Crippen molar-refractivity contribution in [2.24, 2.45) is 5.73 Å². The molecule has 0 saturated carbocycles. The van der Waals surface area contributed by atoms with Crippen LogP contribution >= 0.6 is 23.2 Å². The highest BCUT2D eigenvalue weighted by molar-refractivity contribution is 7.91. The molecular weight excluding hydrogens is 693 g/mol. The highest BCUT2D eigenvalue weighted by Crippen LogP contribution is 2.39. The smallest absolute Gasteiger partial charge is 0.229 e. The zero-order chi connectivity index (χ0) is 34.4. The van der Waals surface area contributed by atoms with E-state index in [1.807, 2.05) is 0 Å². The molecule has 0 atom stereocenters. The van der Waals surface area contributed by atoms with Crippen molar-refractivity contribution >= 4 is 48.8 Å². The fourth-order valence-corrected chi connectivity index (χ4v) is 6.80. The lowest BCUT2D eigenvalue weighted by Crippen LogP contribution is -2.23. The average Bonchev–Trinajstić information content (AvgIpc) is 3.67. The first-order chi connectivity index (χ1) is 22.7. The molecule has 0 aliphatic carbocycles. The monoisotopic (exact) mass is 719 g/mol. The van der Waals surface area contributed by atoms with Crippen LogP contribution in [0.15, 0.2) is 119 Å². The van der Waals surface area contributed by atoms with Crippen LogP contribution in [0.25, 0.3) is 33.9 Å². The zero-order valence-corrected chi connectivity index (χ0v) is 28.6. The molecule has 6 aromatic rings. The molecule has 2 heterocycles. The zero-order valence-electron chi connectivity index (χ0n) is 25.4. The molecule has 0 saturated heterocycles. The Bertz CT molecular complexity index is 2210. The highest BCUT2D eigenvalue weighted by Gasteiger charge is 2.32. The molecule has 1 amide bonds. The maximum atomic E-state index is 13.5. The number of carbonyl (C=O) groups excluding carboxylic acids is 1. The van der Waals surface area contributed by atoms with E-state index in [0.29, 0.717) is 55.1 Å². The van der Waals surface area contributed by atoms with Gasteiger partial charge in [-0.15, -0.1) is 0 Å². The number of amides is 1. The van der Waals surface area contributed by atoms with Crippen LogP contribution in [0.3, 0.4) is 0 Å². The topological polar surface area (TPSA) is 147 Å². The van der Waals surface area contributed by atoms with Crippen molar-refractivity contribution in [1.29, 1.82) is 0 Å². The third kappa shape index (κ3) is 6.78. The lowest BCUT2D eigenvalue weighted by atomic mass is 9.88. The van der Waals surface area contributed by atoms with Crippen LogP contribution < -0.4 is 5.73 Å². The van der Waals surface area contributed by atoms with Gasteiger partial charge >= 0.3 is 0 Å². The molecule has 6 rings (SSSR count). The van der Waals surface area contributed by atoms with E-state index in [2.05, 4.69) is 0 Å². The third-order valence-electron chi connectivity index (χ3n) is 7.69. The Balaban J connectivity index is 1.56. The van der Waals surface area contributed by atoms with Crippen molar-refractivity contribution in [2.75, 3.05) is 12.5 Å². The summed E-state index contributed by atoms with van der Waals surface area (Å²) < 4.78 is 51.4. The molecular formula is C34H27Cl2N5O5S2. The molecule has 48 heavy (non-hydrogen) atoms. The van der Waals surface area contributed by atoms with Gasteiger partial charge in [-0.25, -0.2) is 26.2 Å². The number of benzene rings is 4. The van der Waals surface area contributed by atoms with E-state index in [1.54, 1.807) is 94.6 Å². The largest absolute Gasteiger partial charge is 0.369 e. The molecule has 0 bridgehead atoms. The van der Waals surface area contributed by atoms with Gasteiger partial charge in [-0.1, -0.05) is 47.5 Å². The first-order valence-corrected chi connectivity index (χ1v) is 18.8. The van der Waals surface area contributed by atoms with E-state index in [9.17, 15) is 21.6 Å². The van der Waals surface area contributed by atoms with E-state index in [4.69, 9.17) is 39.1 Å². The summed E-state index contributed by atoms with van der Waals surface area (Å²) in [5.74, 6) is -1.76. The van der Waals surface area contributed by atoms with Crippen LogP contribution in [0, 0.1) is 0 Å². The maximum absolute atomic E-state index is 13.5. The third-order valence-corrected chi connectivity index (χ3v) is 10.4. The predicted octanol–water partition coefficient (Wildman–Crippen LogP) is 6.12. The van der Waals surface area contributed by atoms with Crippen LogP contribution in [0.2, 0.25) is 10.0 Å². The van der Waals surface area contributed by atoms with Crippen LogP contribution in [-0.2, 0) is 24.5 Å². The molecule has 0 unspecified atom stereocenters. The first-order valence-electron chi connectivity index (χ1n) is 14.3. The molecule has 0 radical (unpaired) electrons. The van der Waals surface area contributed by atoms with E-state index in [1.165, 1.54) is 24.3 Å². The van der Waals surface area contributed by atoms with Gasteiger partial charge in [0.15, 0.2) is 19.7 Å². The minimum absolute atomic E-state index is 0.149. The summed E-state index contributed by atoms with van der Waals surface area (Å²) in [6, 6.07) is 26.3. The number of primary amides is 1. The molecule has 0 aliphatic heterocycles. The van der Waals surface area contributed by atoms with Gasteiger partial charge in [-0.3, -0.25) is 4.79 Å². The SMILES string of the molecule is CS(=O)(=O)c1ccc(-n2cc(C(C(N)=O)c3cn(-c4ccc(S(C)(=O)=O)cc4)nc3-c3ccc(Cl)cc3)c(-c3ccc(Cl)cc3)n2)cc1. The second kappa shape index (κ2) is 12.7. The van der Waals surface area contributed by atoms with Gasteiger partial charge in [0.05, 0.1) is 38.5 Å². The predicted molar refractivity (Wildman–Crippen MR) is 185 cm³/mol. The van der Waals surface area contributed by atoms with Crippen molar-refractivity contribution in [3.05, 3.63) is 131 Å². The molecule has 244 valence electrons. The number of hydrogen-bond donors (Lipinski definition) is 1. The van der Waals surface area contributed by atoms with E-state index >= 15 is 0 Å². The van der Waals surface area contributed by atoms with Gasteiger partial charge in [0.1, 0.15) is 0 Å². The van der Waals surface area contributed by atoms with Crippen molar-refractivity contribution in [3.63, 3.8) is 0 Å². The number of hydrogen-bond acceptors (Lipinski definition) is 7. The van der Waals surface area contributed by atoms with Gasteiger partial charge < -0.3 is 5.73 Å². The van der Waals surface area contributed by atoms with Crippen LogP contribution in [-0.4, -0.2) is 54.8 Å². The number of halogens is 2. The Labute approximate surface area is 287 Å². The summed E-state index contributed by atoms with van der Waals surface area (Å²) >= 11 is 12.4. The first kappa shape index (κ1) is 33.2. The van der Waals surface area contributed by atoms with Gasteiger partial charge in [-0.05, 0) is 72.8 Å². The lowest BCUT2D eigenvalue weighted by Gasteiger charge is -2.14. The summed E-state index contributed by atoms with van der Waals surface area (Å²) in [7, 11) is -6.85. The van der Waals surface area contributed by atoms with E-state index in [0.717, 1.165) is 12.5 Å². The van der Waals surface area contributed by atoms with Gasteiger partial charge in [0, 0.05) is 57.2 Å². The lowest BCUT2D eigenvalue weighted by molar-refractivity contribution is -0.118. The van der Waals surface area contributed by atoms with E-state index in [-0.39, 0.29) is 9.79 Å².